The number of rotatable bonds is 2. The highest BCUT2D eigenvalue weighted by atomic mass is 19.1. The van der Waals surface area contributed by atoms with Gasteiger partial charge in [0.05, 0.1) is 6.20 Å². The first-order valence-corrected chi connectivity index (χ1v) is 7.46. The second-order valence-electron chi connectivity index (χ2n) is 5.84. The molecule has 0 bridgehead atoms. The van der Waals surface area contributed by atoms with Crippen LogP contribution < -0.4 is 0 Å². The van der Waals surface area contributed by atoms with Gasteiger partial charge in [0.25, 0.3) is 5.91 Å². The monoisotopic (exact) mass is 302 g/mol. The van der Waals surface area contributed by atoms with Crippen LogP contribution in [-0.2, 0) is 7.05 Å². The van der Waals surface area contributed by atoms with Gasteiger partial charge in [-0.2, -0.15) is 0 Å². The lowest BCUT2D eigenvalue weighted by Crippen LogP contribution is -2.38. The number of carbonyl (C=O) groups excluding carboxylic acids is 1. The summed E-state index contributed by atoms with van der Waals surface area (Å²) in [5.41, 5.74) is 2.56. The Labute approximate surface area is 128 Å². The zero-order valence-corrected chi connectivity index (χ0v) is 12.8. The summed E-state index contributed by atoms with van der Waals surface area (Å²) in [6, 6.07) is 4.96. The van der Waals surface area contributed by atoms with Crippen LogP contribution >= 0.6 is 0 Å². The highest BCUT2D eigenvalue weighted by Crippen LogP contribution is 2.30. The molecule has 3 rings (SSSR count). The molecule has 22 heavy (non-hydrogen) atoms. The minimum Gasteiger partial charge on any atom is -0.337 e. The van der Waals surface area contributed by atoms with E-state index in [2.05, 4.69) is 10.3 Å². The van der Waals surface area contributed by atoms with Gasteiger partial charge < -0.3 is 4.90 Å². The van der Waals surface area contributed by atoms with Crippen LogP contribution in [0.4, 0.5) is 4.39 Å². The first-order chi connectivity index (χ1) is 10.5. The van der Waals surface area contributed by atoms with Gasteiger partial charge in [-0.3, -0.25) is 9.48 Å². The Bertz CT molecular complexity index is 689. The summed E-state index contributed by atoms with van der Waals surface area (Å²) in [6.45, 7) is 3.32. The fourth-order valence-electron chi connectivity index (χ4n) is 3.10. The van der Waals surface area contributed by atoms with Crippen LogP contribution in [0, 0.1) is 12.7 Å². The van der Waals surface area contributed by atoms with Crippen molar-refractivity contribution in [2.45, 2.75) is 25.7 Å². The largest absolute Gasteiger partial charge is 0.337 e. The maximum absolute atomic E-state index is 13.2. The Morgan fingerprint density at radius 2 is 2.05 bits per heavy atom. The summed E-state index contributed by atoms with van der Waals surface area (Å²) in [6.07, 6.45) is 3.41. The quantitative estimate of drug-likeness (QED) is 0.855. The normalized spacial score (nSPS) is 16.0. The summed E-state index contributed by atoms with van der Waals surface area (Å²) >= 11 is 0. The molecule has 116 valence electrons. The van der Waals surface area contributed by atoms with Gasteiger partial charge in [-0.05, 0) is 48.9 Å². The highest BCUT2D eigenvalue weighted by Gasteiger charge is 2.26. The van der Waals surface area contributed by atoms with Gasteiger partial charge >= 0.3 is 0 Å². The SMILES string of the molecule is Cc1cc(F)ccc1C1CCN(C(=O)c2cn(C)nn2)CC1. The summed E-state index contributed by atoms with van der Waals surface area (Å²) in [7, 11) is 1.74. The number of amides is 1. The summed E-state index contributed by atoms with van der Waals surface area (Å²) in [4.78, 5) is 14.1. The molecule has 1 aromatic heterocycles. The van der Waals surface area contributed by atoms with Crippen LogP contribution in [0.25, 0.3) is 0 Å². The van der Waals surface area contributed by atoms with Crippen LogP contribution in [0.15, 0.2) is 24.4 Å². The molecule has 0 N–H and O–H groups in total. The van der Waals surface area contributed by atoms with Gasteiger partial charge in [0, 0.05) is 20.1 Å². The number of hydrogen-bond acceptors (Lipinski definition) is 3. The van der Waals surface area contributed by atoms with Crippen LogP contribution in [0.3, 0.4) is 0 Å². The van der Waals surface area contributed by atoms with Gasteiger partial charge in [-0.1, -0.05) is 11.3 Å². The van der Waals surface area contributed by atoms with E-state index in [0.29, 0.717) is 24.7 Å². The number of halogens is 1. The number of likely N-dealkylation sites (tertiary alicyclic amines) is 1. The van der Waals surface area contributed by atoms with Crippen molar-refractivity contribution in [1.82, 2.24) is 19.9 Å². The lowest BCUT2D eigenvalue weighted by atomic mass is 9.87. The van der Waals surface area contributed by atoms with E-state index < -0.39 is 0 Å². The van der Waals surface area contributed by atoms with E-state index in [0.717, 1.165) is 18.4 Å². The summed E-state index contributed by atoms with van der Waals surface area (Å²) < 4.78 is 14.7. The zero-order valence-electron chi connectivity index (χ0n) is 12.8. The van der Waals surface area contributed by atoms with Crippen LogP contribution in [0.5, 0.6) is 0 Å². The molecule has 2 aromatic rings. The van der Waals surface area contributed by atoms with Gasteiger partial charge in [-0.15, -0.1) is 5.10 Å². The first-order valence-electron chi connectivity index (χ1n) is 7.46. The molecule has 2 heterocycles. The molecule has 0 atom stereocenters. The van der Waals surface area contributed by atoms with E-state index in [4.69, 9.17) is 0 Å². The van der Waals surface area contributed by atoms with Crippen LogP contribution in [0.1, 0.15) is 40.4 Å². The van der Waals surface area contributed by atoms with Gasteiger partial charge in [0.1, 0.15) is 5.82 Å². The average molecular weight is 302 g/mol. The van der Waals surface area contributed by atoms with Crippen molar-refractivity contribution in [2.24, 2.45) is 7.05 Å². The van der Waals surface area contributed by atoms with Crippen molar-refractivity contribution in [1.29, 1.82) is 0 Å². The number of aromatic nitrogens is 3. The molecule has 1 fully saturated rings. The van der Waals surface area contributed by atoms with Crippen molar-refractivity contribution >= 4 is 5.91 Å². The number of benzene rings is 1. The maximum Gasteiger partial charge on any atom is 0.276 e. The number of carbonyl (C=O) groups is 1. The molecule has 0 spiro atoms. The lowest BCUT2D eigenvalue weighted by Gasteiger charge is -2.32. The second kappa shape index (κ2) is 5.87. The number of aryl methyl sites for hydroxylation is 2. The smallest absolute Gasteiger partial charge is 0.276 e. The Morgan fingerprint density at radius 1 is 1.32 bits per heavy atom. The van der Waals surface area contributed by atoms with E-state index >= 15 is 0 Å². The molecule has 1 aliphatic heterocycles. The lowest BCUT2D eigenvalue weighted by molar-refractivity contribution is 0.0707. The van der Waals surface area contributed by atoms with E-state index in [9.17, 15) is 9.18 Å². The molecule has 0 aliphatic carbocycles. The molecule has 1 amide bonds. The third-order valence-electron chi connectivity index (χ3n) is 4.28. The number of hydrogen-bond donors (Lipinski definition) is 0. The molecule has 1 saturated heterocycles. The standard InChI is InChI=1S/C16H19FN4O/c1-11-9-13(17)3-4-14(11)12-5-7-21(8-6-12)16(22)15-10-20(2)19-18-15/h3-4,9-10,12H,5-8H2,1-2H3. The molecule has 6 heteroatoms. The fraction of sp³-hybridized carbons (Fsp3) is 0.438. The number of nitrogens with zero attached hydrogens (tertiary/aromatic N) is 4. The van der Waals surface area contributed by atoms with E-state index in [-0.39, 0.29) is 11.7 Å². The topological polar surface area (TPSA) is 51.0 Å². The van der Waals surface area contributed by atoms with Gasteiger partial charge in [0.15, 0.2) is 5.69 Å². The first kappa shape index (κ1) is 14.7. The van der Waals surface area contributed by atoms with Crippen molar-refractivity contribution in [2.75, 3.05) is 13.1 Å². The zero-order chi connectivity index (χ0) is 15.7. The predicted molar refractivity (Wildman–Crippen MR) is 80.0 cm³/mol. The van der Waals surface area contributed by atoms with Crippen molar-refractivity contribution in [3.63, 3.8) is 0 Å². The third kappa shape index (κ3) is 2.86. The van der Waals surface area contributed by atoms with E-state index in [1.165, 1.54) is 16.3 Å². The second-order valence-corrected chi connectivity index (χ2v) is 5.84. The highest BCUT2D eigenvalue weighted by molar-refractivity contribution is 5.92. The van der Waals surface area contributed by atoms with Crippen molar-refractivity contribution in [3.05, 3.63) is 47.0 Å². The summed E-state index contributed by atoms with van der Waals surface area (Å²) in [5.74, 6) is 0.116. The molecular weight excluding hydrogens is 283 g/mol. The van der Waals surface area contributed by atoms with Crippen LogP contribution in [-0.4, -0.2) is 38.9 Å². The Hall–Kier alpha value is -2.24. The third-order valence-corrected chi connectivity index (χ3v) is 4.28. The van der Waals surface area contributed by atoms with Crippen molar-refractivity contribution in [3.8, 4) is 0 Å². The maximum atomic E-state index is 13.2. The average Bonchev–Trinajstić information content (AvgIpc) is 2.93. The summed E-state index contributed by atoms with van der Waals surface area (Å²) in [5, 5.41) is 7.67. The minimum atomic E-state index is -0.198. The Kier molecular flexibility index (Phi) is 3.92. The molecule has 1 aliphatic rings. The molecule has 0 saturated carbocycles. The van der Waals surface area contributed by atoms with E-state index in [1.54, 1.807) is 19.3 Å². The van der Waals surface area contributed by atoms with Crippen molar-refractivity contribution < 1.29 is 9.18 Å². The van der Waals surface area contributed by atoms with Gasteiger partial charge in [0.2, 0.25) is 0 Å². The molecule has 1 aromatic carbocycles. The van der Waals surface area contributed by atoms with Gasteiger partial charge in [-0.25, -0.2) is 4.39 Å². The van der Waals surface area contributed by atoms with Crippen LogP contribution in [0.2, 0.25) is 0 Å². The van der Waals surface area contributed by atoms with E-state index in [1.807, 2.05) is 17.9 Å². The molecular formula is C16H19FN4O. The molecule has 0 unspecified atom stereocenters. The number of piperidine rings is 1. The Balaban J connectivity index is 1.66. The molecule has 5 nitrogen and oxygen atoms in total. The minimum absolute atomic E-state index is 0.0672. The predicted octanol–water partition coefficient (Wildman–Crippen LogP) is 2.28. The fourth-order valence-corrected chi connectivity index (χ4v) is 3.10. The molecule has 0 radical (unpaired) electrons. The Morgan fingerprint density at radius 3 is 2.64 bits per heavy atom.